The second-order valence-corrected chi connectivity index (χ2v) is 5.74. The smallest absolute Gasteiger partial charge is 0.248 e. The average Bonchev–Trinajstić information content (AvgIpc) is 3.07. The highest BCUT2D eigenvalue weighted by molar-refractivity contribution is 7.10. The van der Waals surface area contributed by atoms with Crippen molar-refractivity contribution in [2.24, 2.45) is 0 Å². The summed E-state index contributed by atoms with van der Waals surface area (Å²) in [6, 6.07) is 20.8. The van der Waals surface area contributed by atoms with Crippen LogP contribution in [0.4, 0.5) is 5.69 Å². The first kappa shape index (κ1) is 14.9. The molecule has 0 bridgehead atoms. The number of aromatic nitrogens is 1. The SMILES string of the molecule is N#C[C@@H](C(=O)Nc1ccccc1)c1nc(-c2ccccc2)cs1. The van der Waals surface area contributed by atoms with Gasteiger partial charge in [0.05, 0.1) is 11.8 Å². The van der Waals surface area contributed by atoms with Crippen LogP contribution in [0.5, 0.6) is 0 Å². The molecule has 0 aliphatic heterocycles. The Morgan fingerprint density at radius 3 is 2.39 bits per heavy atom. The minimum Gasteiger partial charge on any atom is -0.325 e. The zero-order chi connectivity index (χ0) is 16.1. The molecular formula is C18H13N3OS. The predicted octanol–water partition coefficient (Wildman–Crippen LogP) is 4.06. The molecule has 2 aromatic carbocycles. The summed E-state index contributed by atoms with van der Waals surface area (Å²) in [5.74, 6) is -1.29. The summed E-state index contributed by atoms with van der Waals surface area (Å²) in [6.45, 7) is 0. The molecule has 23 heavy (non-hydrogen) atoms. The molecule has 4 nitrogen and oxygen atoms in total. The van der Waals surface area contributed by atoms with E-state index in [2.05, 4.69) is 10.3 Å². The van der Waals surface area contributed by atoms with Crippen molar-refractivity contribution in [2.45, 2.75) is 5.92 Å². The number of benzene rings is 2. The summed E-state index contributed by atoms with van der Waals surface area (Å²) in [4.78, 5) is 16.8. The maximum atomic E-state index is 12.3. The van der Waals surface area contributed by atoms with Crippen LogP contribution in [0.25, 0.3) is 11.3 Å². The fraction of sp³-hybridized carbons (Fsp3) is 0.0556. The van der Waals surface area contributed by atoms with Gasteiger partial charge in [-0.3, -0.25) is 4.79 Å². The number of rotatable bonds is 4. The number of nitrogens with one attached hydrogen (secondary N) is 1. The third kappa shape index (κ3) is 3.44. The topological polar surface area (TPSA) is 65.8 Å². The fourth-order valence-corrected chi connectivity index (χ4v) is 2.99. The molecule has 0 fully saturated rings. The van der Waals surface area contributed by atoms with E-state index in [4.69, 9.17) is 0 Å². The second-order valence-electron chi connectivity index (χ2n) is 4.85. The highest BCUT2D eigenvalue weighted by Crippen LogP contribution is 2.27. The fourth-order valence-electron chi connectivity index (χ4n) is 2.12. The Balaban J connectivity index is 1.80. The molecule has 112 valence electrons. The van der Waals surface area contributed by atoms with Gasteiger partial charge in [0.2, 0.25) is 5.91 Å². The number of hydrogen-bond acceptors (Lipinski definition) is 4. The number of anilines is 1. The van der Waals surface area contributed by atoms with Gasteiger partial charge in [-0.15, -0.1) is 11.3 Å². The number of carbonyl (C=O) groups excluding carboxylic acids is 1. The molecule has 1 atom stereocenters. The summed E-state index contributed by atoms with van der Waals surface area (Å²) in [5, 5.41) is 14.5. The highest BCUT2D eigenvalue weighted by Gasteiger charge is 2.24. The molecule has 1 amide bonds. The van der Waals surface area contributed by atoms with Crippen molar-refractivity contribution in [2.75, 3.05) is 5.32 Å². The molecule has 1 N–H and O–H groups in total. The van der Waals surface area contributed by atoms with E-state index in [0.29, 0.717) is 10.7 Å². The minimum absolute atomic E-state index is 0.368. The lowest BCUT2D eigenvalue weighted by atomic mass is 10.1. The van der Waals surface area contributed by atoms with E-state index in [1.807, 2.05) is 60.0 Å². The van der Waals surface area contributed by atoms with Crippen LogP contribution in [0.15, 0.2) is 66.0 Å². The molecule has 1 aromatic heterocycles. The van der Waals surface area contributed by atoms with Gasteiger partial charge in [0.15, 0.2) is 5.92 Å². The molecule has 0 unspecified atom stereocenters. The number of amides is 1. The van der Waals surface area contributed by atoms with Gasteiger partial charge in [0.25, 0.3) is 0 Å². The van der Waals surface area contributed by atoms with Crippen LogP contribution in [0.2, 0.25) is 0 Å². The van der Waals surface area contributed by atoms with Gasteiger partial charge in [0.1, 0.15) is 5.01 Å². The van der Waals surface area contributed by atoms with Crippen LogP contribution in [0, 0.1) is 11.3 Å². The van der Waals surface area contributed by atoms with Gasteiger partial charge in [-0.2, -0.15) is 5.26 Å². The Morgan fingerprint density at radius 1 is 1.09 bits per heavy atom. The van der Waals surface area contributed by atoms with Crippen LogP contribution < -0.4 is 5.32 Å². The predicted molar refractivity (Wildman–Crippen MR) is 91.0 cm³/mol. The number of nitriles is 1. The van der Waals surface area contributed by atoms with Crippen LogP contribution in [0.1, 0.15) is 10.9 Å². The normalized spacial score (nSPS) is 11.4. The number of hydrogen-bond donors (Lipinski definition) is 1. The average molecular weight is 319 g/mol. The molecule has 3 aromatic rings. The molecule has 3 rings (SSSR count). The number of thiazole rings is 1. The standard InChI is InChI=1S/C18H13N3OS/c19-11-15(17(22)20-14-9-5-2-6-10-14)18-21-16(12-23-18)13-7-3-1-4-8-13/h1-10,12,15H,(H,20,22)/t15-/m0/s1. The van der Waals surface area contributed by atoms with E-state index in [1.54, 1.807) is 12.1 Å². The monoisotopic (exact) mass is 319 g/mol. The first-order valence-corrected chi connectivity index (χ1v) is 7.92. The Labute approximate surface area is 138 Å². The Hall–Kier alpha value is -2.97. The molecule has 1 heterocycles. The van der Waals surface area contributed by atoms with E-state index in [9.17, 15) is 10.1 Å². The van der Waals surface area contributed by atoms with Crippen LogP contribution in [-0.4, -0.2) is 10.9 Å². The van der Waals surface area contributed by atoms with E-state index in [-0.39, 0.29) is 5.91 Å². The van der Waals surface area contributed by atoms with Gasteiger partial charge in [-0.25, -0.2) is 4.98 Å². The zero-order valence-electron chi connectivity index (χ0n) is 12.1. The lowest BCUT2D eigenvalue weighted by Gasteiger charge is -2.07. The lowest BCUT2D eigenvalue weighted by Crippen LogP contribution is -2.19. The quantitative estimate of drug-likeness (QED) is 0.788. The second kappa shape index (κ2) is 6.86. The van der Waals surface area contributed by atoms with Gasteiger partial charge >= 0.3 is 0 Å². The van der Waals surface area contributed by atoms with Crippen molar-refractivity contribution in [1.29, 1.82) is 5.26 Å². The van der Waals surface area contributed by atoms with E-state index in [1.165, 1.54) is 11.3 Å². The summed E-state index contributed by atoms with van der Waals surface area (Å²) in [6.07, 6.45) is 0. The third-order valence-corrected chi connectivity index (χ3v) is 4.18. The molecule has 0 aliphatic carbocycles. The molecular weight excluding hydrogens is 306 g/mol. The highest BCUT2D eigenvalue weighted by atomic mass is 32.1. The maximum absolute atomic E-state index is 12.3. The lowest BCUT2D eigenvalue weighted by molar-refractivity contribution is -0.116. The number of carbonyl (C=O) groups is 1. The van der Waals surface area contributed by atoms with E-state index >= 15 is 0 Å². The Bertz CT molecular complexity index is 837. The summed E-state index contributed by atoms with van der Waals surface area (Å²) >= 11 is 1.32. The molecule has 0 saturated carbocycles. The molecule has 0 saturated heterocycles. The largest absolute Gasteiger partial charge is 0.325 e. The van der Waals surface area contributed by atoms with Crippen molar-refractivity contribution in [3.63, 3.8) is 0 Å². The van der Waals surface area contributed by atoms with Crippen molar-refractivity contribution in [3.8, 4) is 17.3 Å². The van der Waals surface area contributed by atoms with Gasteiger partial charge < -0.3 is 5.32 Å². The van der Waals surface area contributed by atoms with Crippen molar-refractivity contribution < 1.29 is 4.79 Å². The van der Waals surface area contributed by atoms with E-state index < -0.39 is 5.92 Å². The Morgan fingerprint density at radius 2 is 1.74 bits per heavy atom. The maximum Gasteiger partial charge on any atom is 0.248 e. The molecule has 0 spiro atoms. The molecule has 0 aliphatic rings. The first-order valence-electron chi connectivity index (χ1n) is 7.04. The van der Waals surface area contributed by atoms with Crippen LogP contribution in [0.3, 0.4) is 0 Å². The van der Waals surface area contributed by atoms with Gasteiger partial charge in [-0.1, -0.05) is 48.5 Å². The number of para-hydroxylation sites is 1. The van der Waals surface area contributed by atoms with Gasteiger partial charge in [0, 0.05) is 16.6 Å². The van der Waals surface area contributed by atoms with Crippen molar-refractivity contribution in [3.05, 3.63) is 71.1 Å². The number of nitrogens with zero attached hydrogens (tertiary/aromatic N) is 2. The summed E-state index contributed by atoms with van der Waals surface area (Å²) < 4.78 is 0. The Kier molecular flexibility index (Phi) is 4.46. The zero-order valence-corrected chi connectivity index (χ0v) is 13.0. The summed E-state index contributed by atoms with van der Waals surface area (Å²) in [7, 11) is 0. The van der Waals surface area contributed by atoms with Gasteiger partial charge in [-0.05, 0) is 12.1 Å². The molecule has 0 radical (unpaired) electrons. The minimum atomic E-state index is -0.919. The van der Waals surface area contributed by atoms with E-state index in [0.717, 1.165) is 11.3 Å². The molecule has 5 heteroatoms. The summed E-state index contributed by atoms with van der Waals surface area (Å²) in [5.41, 5.74) is 2.41. The third-order valence-electron chi connectivity index (χ3n) is 3.27. The van der Waals surface area contributed by atoms with Crippen molar-refractivity contribution in [1.82, 2.24) is 4.98 Å². The first-order chi connectivity index (χ1) is 11.3. The van der Waals surface area contributed by atoms with Crippen molar-refractivity contribution >= 4 is 22.9 Å². The van der Waals surface area contributed by atoms with Crippen LogP contribution >= 0.6 is 11.3 Å². The van der Waals surface area contributed by atoms with Crippen LogP contribution in [-0.2, 0) is 4.79 Å².